The van der Waals surface area contributed by atoms with Crippen LogP contribution in [-0.4, -0.2) is 30.3 Å². The highest BCUT2D eigenvalue weighted by Gasteiger charge is 2.48. The van der Waals surface area contributed by atoms with Crippen molar-refractivity contribution in [2.75, 3.05) is 19.6 Å². The summed E-state index contributed by atoms with van der Waals surface area (Å²) in [6.07, 6.45) is 3.44. The summed E-state index contributed by atoms with van der Waals surface area (Å²) >= 11 is 0. The van der Waals surface area contributed by atoms with E-state index in [0.29, 0.717) is 11.7 Å². The van der Waals surface area contributed by atoms with Crippen LogP contribution in [0.25, 0.3) is 0 Å². The third-order valence-electron chi connectivity index (χ3n) is 4.02. The molecule has 0 bridgehead atoms. The lowest BCUT2D eigenvalue weighted by Crippen LogP contribution is -2.38. The van der Waals surface area contributed by atoms with Crippen molar-refractivity contribution in [3.8, 4) is 0 Å². The number of nitrogens with zero attached hydrogens (tertiary/aromatic N) is 1. The number of Topliss-reactive ketones (excluding diaryl/α,β-unsaturated/α-hetero) is 1. The number of carbonyl (C=O) groups is 1. The van der Waals surface area contributed by atoms with Crippen LogP contribution in [0, 0.1) is 17.3 Å². The maximum Gasteiger partial charge on any atom is 0.137 e. The summed E-state index contributed by atoms with van der Waals surface area (Å²) in [6, 6.07) is 0. The fourth-order valence-corrected chi connectivity index (χ4v) is 2.49. The Kier molecular flexibility index (Phi) is 5.18. The summed E-state index contributed by atoms with van der Waals surface area (Å²) in [5, 5.41) is 0. The molecule has 1 atom stereocenters. The minimum atomic E-state index is 0.0301. The maximum absolute atomic E-state index is 11.7. The molecule has 17 heavy (non-hydrogen) atoms. The van der Waals surface area contributed by atoms with Gasteiger partial charge in [0.25, 0.3) is 0 Å². The molecule has 0 radical (unpaired) electrons. The largest absolute Gasteiger partial charge is 0.302 e. The first-order valence-corrected chi connectivity index (χ1v) is 7.13. The van der Waals surface area contributed by atoms with Crippen LogP contribution in [0.5, 0.6) is 0 Å². The van der Waals surface area contributed by atoms with Gasteiger partial charge in [-0.15, -0.1) is 0 Å². The van der Waals surface area contributed by atoms with Crippen molar-refractivity contribution in [2.24, 2.45) is 17.3 Å². The quantitative estimate of drug-likeness (QED) is 0.647. The SMILES string of the molecule is CCC(C)CN(CC(C)C)CC1(C(C)=O)CC1. The predicted octanol–water partition coefficient (Wildman–Crippen LogP) is 3.36. The summed E-state index contributed by atoms with van der Waals surface area (Å²) in [4.78, 5) is 14.2. The molecular weight excluding hydrogens is 210 g/mol. The summed E-state index contributed by atoms with van der Waals surface area (Å²) in [5.74, 6) is 1.81. The van der Waals surface area contributed by atoms with E-state index in [0.717, 1.165) is 38.4 Å². The van der Waals surface area contributed by atoms with Crippen molar-refractivity contribution in [3.63, 3.8) is 0 Å². The Morgan fingerprint density at radius 1 is 1.24 bits per heavy atom. The van der Waals surface area contributed by atoms with Crippen LogP contribution >= 0.6 is 0 Å². The Morgan fingerprint density at radius 3 is 2.18 bits per heavy atom. The molecular formula is C15H29NO. The Bertz CT molecular complexity index is 256. The van der Waals surface area contributed by atoms with Crippen LogP contribution in [0.4, 0.5) is 0 Å². The van der Waals surface area contributed by atoms with Crippen molar-refractivity contribution in [1.82, 2.24) is 4.90 Å². The molecule has 0 spiro atoms. The van der Waals surface area contributed by atoms with Gasteiger partial charge < -0.3 is 4.90 Å². The van der Waals surface area contributed by atoms with E-state index in [1.165, 1.54) is 6.42 Å². The zero-order valence-electron chi connectivity index (χ0n) is 12.3. The summed E-state index contributed by atoms with van der Waals surface area (Å²) in [5.41, 5.74) is 0.0301. The molecule has 0 aromatic carbocycles. The highest BCUT2D eigenvalue weighted by molar-refractivity contribution is 5.85. The zero-order chi connectivity index (χ0) is 13.1. The second-order valence-electron chi connectivity index (χ2n) is 6.44. The van der Waals surface area contributed by atoms with Gasteiger partial charge in [0.2, 0.25) is 0 Å². The van der Waals surface area contributed by atoms with Crippen molar-refractivity contribution in [3.05, 3.63) is 0 Å². The summed E-state index contributed by atoms with van der Waals surface area (Å²) in [6.45, 7) is 14.1. The minimum absolute atomic E-state index is 0.0301. The van der Waals surface area contributed by atoms with E-state index in [1.54, 1.807) is 6.92 Å². The van der Waals surface area contributed by atoms with Gasteiger partial charge in [-0.3, -0.25) is 4.79 Å². The van der Waals surface area contributed by atoms with Gasteiger partial charge in [0.05, 0.1) is 0 Å². The molecule has 1 aliphatic carbocycles. The van der Waals surface area contributed by atoms with Gasteiger partial charge in [-0.2, -0.15) is 0 Å². The lowest BCUT2D eigenvalue weighted by Gasteiger charge is -2.30. The maximum atomic E-state index is 11.7. The first-order valence-electron chi connectivity index (χ1n) is 7.13. The molecule has 1 unspecified atom stereocenters. The van der Waals surface area contributed by atoms with Gasteiger partial charge in [0.1, 0.15) is 5.78 Å². The highest BCUT2D eigenvalue weighted by Crippen LogP contribution is 2.47. The lowest BCUT2D eigenvalue weighted by atomic mass is 9.99. The van der Waals surface area contributed by atoms with Gasteiger partial charge in [0.15, 0.2) is 0 Å². The average Bonchev–Trinajstić information content (AvgIpc) is 2.97. The normalized spacial score (nSPS) is 19.7. The molecule has 0 heterocycles. The molecule has 0 saturated heterocycles. The molecule has 1 saturated carbocycles. The van der Waals surface area contributed by atoms with Crippen LogP contribution in [0.1, 0.15) is 53.9 Å². The third-order valence-corrected chi connectivity index (χ3v) is 4.02. The smallest absolute Gasteiger partial charge is 0.137 e. The molecule has 100 valence electrons. The number of rotatable bonds is 8. The van der Waals surface area contributed by atoms with E-state index in [2.05, 4.69) is 32.6 Å². The van der Waals surface area contributed by atoms with Gasteiger partial charge in [0, 0.05) is 25.0 Å². The predicted molar refractivity (Wildman–Crippen MR) is 73.1 cm³/mol. The van der Waals surface area contributed by atoms with Crippen LogP contribution in [-0.2, 0) is 4.79 Å². The molecule has 0 amide bonds. The number of ketones is 1. The van der Waals surface area contributed by atoms with Gasteiger partial charge >= 0.3 is 0 Å². The fourth-order valence-electron chi connectivity index (χ4n) is 2.49. The zero-order valence-corrected chi connectivity index (χ0v) is 12.3. The Labute approximate surface area is 107 Å². The van der Waals surface area contributed by atoms with Crippen LogP contribution in [0.2, 0.25) is 0 Å². The van der Waals surface area contributed by atoms with Crippen LogP contribution < -0.4 is 0 Å². The summed E-state index contributed by atoms with van der Waals surface area (Å²) in [7, 11) is 0. The standard InChI is InChI=1S/C15H29NO/c1-6-13(4)10-16(9-12(2)3)11-15(7-8-15)14(5)17/h12-13H,6-11H2,1-5H3. The number of carbonyl (C=O) groups excluding carboxylic acids is 1. The molecule has 0 N–H and O–H groups in total. The monoisotopic (exact) mass is 239 g/mol. The molecule has 0 aliphatic heterocycles. The van der Waals surface area contributed by atoms with Crippen molar-refractivity contribution in [1.29, 1.82) is 0 Å². The molecule has 2 heteroatoms. The lowest BCUT2D eigenvalue weighted by molar-refractivity contribution is -0.122. The second-order valence-corrected chi connectivity index (χ2v) is 6.44. The van der Waals surface area contributed by atoms with Gasteiger partial charge in [-0.25, -0.2) is 0 Å². The minimum Gasteiger partial charge on any atom is -0.302 e. The van der Waals surface area contributed by atoms with Crippen LogP contribution in [0.15, 0.2) is 0 Å². The molecule has 1 aliphatic rings. The van der Waals surface area contributed by atoms with E-state index in [1.807, 2.05) is 0 Å². The van der Waals surface area contributed by atoms with Crippen molar-refractivity contribution in [2.45, 2.75) is 53.9 Å². The topological polar surface area (TPSA) is 20.3 Å². The summed E-state index contributed by atoms with van der Waals surface area (Å²) < 4.78 is 0. The Hall–Kier alpha value is -0.370. The van der Waals surface area contributed by atoms with E-state index in [4.69, 9.17) is 0 Å². The molecule has 2 nitrogen and oxygen atoms in total. The van der Waals surface area contributed by atoms with E-state index in [-0.39, 0.29) is 5.41 Å². The van der Waals surface area contributed by atoms with Gasteiger partial charge in [-0.1, -0.05) is 34.1 Å². The van der Waals surface area contributed by atoms with Crippen molar-refractivity contribution < 1.29 is 4.79 Å². The van der Waals surface area contributed by atoms with Crippen molar-refractivity contribution >= 4 is 5.78 Å². The Morgan fingerprint density at radius 2 is 1.82 bits per heavy atom. The van der Waals surface area contributed by atoms with Crippen LogP contribution in [0.3, 0.4) is 0 Å². The first kappa shape index (κ1) is 14.7. The first-order chi connectivity index (χ1) is 7.89. The Balaban J connectivity index is 2.54. The van der Waals surface area contributed by atoms with Gasteiger partial charge in [-0.05, 0) is 31.6 Å². The average molecular weight is 239 g/mol. The molecule has 1 rings (SSSR count). The highest BCUT2D eigenvalue weighted by atomic mass is 16.1. The second kappa shape index (κ2) is 5.99. The van der Waals surface area contributed by atoms with E-state index in [9.17, 15) is 4.79 Å². The number of hydrogen-bond acceptors (Lipinski definition) is 2. The molecule has 0 aromatic heterocycles. The van der Waals surface area contributed by atoms with E-state index >= 15 is 0 Å². The fraction of sp³-hybridized carbons (Fsp3) is 0.933. The van der Waals surface area contributed by atoms with E-state index < -0.39 is 0 Å². The molecule has 1 fully saturated rings. The molecule has 0 aromatic rings. The number of hydrogen-bond donors (Lipinski definition) is 0. The third kappa shape index (κ3) is 4.42.